The zero-order valence-electron chi connectivity index (χ0n) is 7.69. The molecule has 0 saturated heterocycles. The van der Waals surface area contributed by atoms with Gasteiger partial charge in [-0.05, 0) is 25.0 Å². The fourth-order valence-corrected chi connectivity index (χ4v) is 4.18. The van der Waals surface area contributed by atoms with Crippen molar-refractivity contribution in [2.24, 2.45) is 0 Å². The summed E-state index contributed by atoms with van der Waals surface area (Å²) >= 11 is 0. The summed E-state index contributed by atoms with van der Waals surface area (Å²) in [7, 11) is -2.46. The third-order valence-electron chi connectivity index (χ3n) is 2.37. The molecule has 70 valence electrons. The van der Waals surface area contributed by atoms with Gasteiger partial charge >= 0.3 is 0 Å². The first-order valence-corrected chi connectivity index (χ1v) is 6.39. The quantitative estimate of drug-likeness (QED) is 0.677. The number of rotatable bonds is 2. The van der Waals surface area contributed by atoms with Crippen molar-refractivity contribution >= 4 is 12.7 Å². The van der Waals surface area contributed by atoms with Crippen LogP contribution in [0.4, 0.5) is 0 Å². The number of aryl methyl sites for hydroxylation is 1. The summed E-state index contributed by atoms with van der Waals surface area (Å²) in [6, 6.07) is 7.88. The Kier molecular flexibility index (Phi) is 2.27. The summed E-state index contributed by atoms with van der Waals surface area (Å²) in [5.74, 6) is 0. The largest absolute Gasteiger partial charge is 0.326 e. The standard InChI is InChI=1S/C10H13O2P/c1-2-12-13(11)8-7-9-5-3-4-6-10(9)13/h3-6H,2,7-8H2,1H3. The minimum absolute atomic E-state index is 0.533. The molecule has 1 aliphatic heterocycles. The molecule has 3 heteroatoms. The van der Waals surface area contributed by atoms with Gasteiger partial charge in [0.05, 0.1) is 6.61 Å². The second-order valence-corrected chi connectivity index (χ2v) is 5.73. The fourth-order valence-electron chi connectivity index (χ4n) is 1.79. The van der Waals surface area contributed by atoms with Gasteiger partial charge in [-0.25, -0.2) is 0 Å². The van der Waals surface area contributed by atoms with E-state index in [1.165, 1.54) is 5.56 Å². The Labute approximate surface area is 78.4 Å². The van der Waals surface area contributed by atoms with Gasteiger partial charge in [-0.2, -0.15) is 0 Å². The van der Waals surface area contributed by atoms with Gasteiger partial charge < -0.3 is 4.52 Å². The summed E-state index contributed by atoms with van der Waals surface area (Å²) < 4.78 is 17.6. The molecular weight excluding hydrogens is 183 g/mol. The molecule has 1 atom stereocenters. The fraction of sp³-hybridized carbons (Fsp3) is 0.400. The first-order valence-electron chi connectivity index (χ1n) is 4.58. The van der Waals surface area contributed by atoms with Gasteiger partial charge in [-0.15, -0.1) is 0 Å². The highest BCUT2D eigenvalue weighted by Gasteiger charge is 2.33. The van der Waals surface area contributed by atoms with Crippen LogP contribution >= 0.6 is 7.37 Å². The molecule has 2 rings (SSSR count). The molecule has 0 radical (unpaired) electrons. The molecular formula is C10H13O2P. The van der Waals surface area contributed by atoms with Gasteiger partial charge in [0.1, 0.15) is 0 Å². The maximum absolute atomic E-state index is 12.2. The molecule has 0 spiro atoms. The molecule has 0 bridgehead atoms. The van der Waals surface area contributed by atoms with Gasteiger partial charge in [-0.3, -0.25) is 4.57 Å². The van der Waals surface area contributed by atoms with E-state index < -0.39 is 7.37 Å². The Hall–Kier alpha value is -0.590. The van der Waals surface area contributed by atoms with E-state index >= 15 is 0 Å². The molecule has 1 aromatic carbocycles. The van der Waals surface area contributed by atoms with Crippen molar-refractivity contribution in [1.82, 2.24) is 0 Å². The molecule has 0 saturated carbocycles. The molecule has 1 aliphatic rings. The van der Waals surface area contributed by atoms with E-state index in [0.717, 1.165) is 11.7 Å². The summed E-state index contributed by atoms with van der Waals surface area (Å²) in [6.45, 7) is 2.42. The van der Waals surface area contributed by atoms with Crippen LogP contribution in [-0.2, 0) is 15.5 Å². The number of benzene rings is 1. The van der Waals surface area contributed by atoms with Crippen molar-refractivity contribution in [2.75, 3.05) is 12.8 Å². The highest BCUT2D eigenvalue weighted by molar-refractivity contribution is 7.67. The number of fused-ring (bicyclic) bond motifs is 1. The van der Waals surface area contributed by atoms with Gasteiger partial charge in [-0.1, -0.05) is 18.2 Å². The molecule has 0 aliphatic carbocycles. The highest BCUT2D eigenvalue weighted by atomic mass is 31.2. The average Bonchev–Trinajstić information content (AvgIpc) is 2.46. The van der Waals surface area contributed by atoms with Gasteiger partial charge in [0.15, 0.2) is 0 Å². The van der Waals surface area contributed by atoms with Crippen LogP contribution in [0.25, 0.3) is 0 Å². The van der Waals surface area contributed by atoms with Crippen molar-refractivity contribution in [3.63, 3.8) is 0 Å². The molecule has 0 aromatic heterocycles. The predicted octanol–water partition coefficient (Wildman–Crippen LogP) is 2.18. The molecule has 1 heterocycles. The molecule has 13 heavy (non-hydrogen) atoms. The first kappa shape index (κ1) is 8.98. The molecule has 1 aromatic rings. The average molecular weight is 196 g/mol. The molecule has 2 nitrogen and oxygen atoms in total. The maximum Gasteiger partial charge on any atom is 0.232 e. The van der Waals surface area contributed by atoms with Crippen LogP contribution in [0.1, 0.15) is 12.5 Å². The minimum atomic E-state index is -2.46. The van der Waals surface area contributed by atoms with Crippen molar-refractivity contribution in [2.45, 2.75) is 13.3 Å². The van der Waals surface area contributed by atoms with E-state index in [9.17, 15) is 4.57 Å². The van der Waals surface area contributed by atoms with Crippen LogP contribution in [0.5, 0.6) is 0 Å². The molecule has 0 amide bonds. The van der Waals surface area contributed by atoms with Crippen molar-refractivity contribution < 1.29 is 9.09 Å². The van der Waals surface area contributed by atoms with E-state index in [-0.39, 0.29) is 0 Å². The number of hydrogen-bond donors (Lipinski definition) is 0. The lowest BCUT2D eigenvalue weighted by Crippen LogP contribution is -2.05. The highest BCUT2D eigenvalue weighted by Crippen LogP contribution is 2.50. The normalized spacial score (nSPS) is 25.9. The van der Waals surface area contributed by atoms with E-state index in [1.807, 2.05) is 31.2 Å². The third-order valence-corrected chi connectivity index (χ3v) is 5.03. The van der Waals surface area contributed by atoms with E-state index in [0.29, 0.717) is 12.8 Å². The maximum atomic E-state index is 12.2. The van der Waals surface area contributed by atoms with Crippen LogP contribution in [-0.4, -0.2) is 12.8 Å². The van der Waals surface area contributed by atoms with Gasteiger partial charge in [0.25, 0.3) is 0 Å². The lowest BCUT2D eigenvalue weighted by molar-refractivity contribution is 0.342. The Morgan fingerprint density at radius 2 is 2.23 bits per heavy atom. The van der Waals surface area contributed by atoms with Crippen molar-refractivity contribution in [3.05, 3.63) is 29.8 Å². The Bertz CT molecular complexity index is 354. The zero-order chi connectivity index (χ0) is 9.31. The lowest BCUT2D eigenvalue weighted by atomic mass is 10.2. The monoisotopic (exact) mass is 196 g/mol. The van der Waals surface area contributed by atoms with Crippen LogP contribution in [0.3, 0.4) is 0 Å². The number of hydrogen-bond acceptors (Lipinski definition) is 2. The van der Waals surface area contributed by atoms with Crippen LogP contribution in [0.15, 0.2) is 24.3 Å². The van der Waals surface area contributed by atoms with Crippen molar-refractivity contribution in [3.8, 4) is 0 Å². The zero-order valence-corrected chi connectivity index (χ0v) is 8.59. The third kappa shape index (κ3) is 1.45. The Morgan fingerprint density at radius 3 is 3.00 bits per heavy atom. The van der Waals surface area contributed by atoms with Crippen LogP contribution < -0.4 is 5.30 Å². The van der Waals surface area contributed by atoms with E-state index in [1.54, 1.807) is 0 Å². The lowest BCUT2D eigenvalue weighted by Gasteiger charge is -2.11. The second-order valence-electron chi connectivity index (χ2n) is 3.19. The topological polar surface area (TPSA) is 26.3 Å². The molecule has 1 unspecified atom stereocenters. The van der Waals surface area contributed by atoms with Gasteiger partial charge in [0.2, 0.25) is 7.37 Å². The summed E-state index contributed by atoms with van der Waals surface area (Å²) in [5, 5.41) is 0.942. The minimum Gasteiger partial charge on any atom is -0.326 e. The molecule has 0 fully saturated rings. The smallest absolute Gasteiger partial charge is 0.232 e. The predicted molar refractivity (Wildman–Crippen MR) is 53.9 cm³/mol. The van der Waals surface area contributed by atoms with Crippen LogP contribution in [0, 0.1) is 0 Å². The first-order chi connectivity index (χ1) is 6.26. The Balaban J connectivity index is 2.43. The SMILES string of the molecule is CCOP1(=O)CCc2ccccc21. The summed E-state index contributed by atoms with van der Waals surface area (Å²) in [4.78, 5) is 0. The Morgan fingerprint density at radius 1 is 1.46 bits per heavy atom. The van der Waals surface area contributed by atoms with Crippen LogP contribution in [0.2, 0.25) is 0 Å². The summed E-state index contributed by atoms with van der Waals surface area (Å²) in [5.41, 5.74) is 1.19. The van der Waals surface area contributed by atoms with E-state index in [4.69, 9.17) is 4.52 Å². The van der Waals surface area contributed by atoms with Gasteiger partial charge in [0, 0.05) is 11.5 Å². The summed E-state index contributed by atoms with van der Waals surface area (Å²) in [6.07, 6.45) is 1.58. The second kappa shape index (κ2) is 3.28. The van der Waals surface area contributed by atoms with Crippen molar-refractivity contribution in [1.29, 1.82) is 0 Å². The molecule has 0 N–H and O–H groups in total. The van der Waals surface area contributed by atoms with E-state index in [2.05, 4.69) is 0 Å².